The molecule has 0 saturated carbocycles. The first-order valence-electron chi connectivity index (χ1n) is 5.41. The number of aryl methyl sites for hydroxylation is 1. The number of non-ortho nitro benzene ring substituents is 1. The third kappa shape index (κ3) is 2.89. The summed E-state index contributed by atoms with van der Waals surface area (Å²) in [6.45, 7) is 1.70. The molecule has 0 bridgehead atoms. The number of anilines is 1. The Bertz CT molecular complexity index is 628. The van der Waals surface area contributed by atoms with Crippen molar-refractivity contribution in [3.8, 4) is 0 Å². The van der Waals surface area contributed by atoms with Crippen LogP contribution in [0.3, 0.4) is 0 Å². The van der Waals surface area contributed by atoms with Crippen LogP contribution >= 0.6 is 0 Å². The van der Waals surface area contributed by atoms with Gasteiger partial charge in [0, 0.05) is 30.1 Å². The van der Waals surface area contributed by atoms with Crippen molar-refractivity contribution >= 4 is 17.5 Å². The van der Waals surface area contributed by atoms with Gasteiger partial charge in [-0.1, -0.05) is 6.07 Å². The van der Waals surface area contributed by atoms with E-state index < -0.39 is 10.8 Å². The molecule has 2 aromatic rings. The number of nitrogens with one attached hydrogen (secondary N) is 1. The lowest BCUT2D eigenvalue weighted by atomic mass is 10.1. The molecule has 0 saturated heterocycles. The van der Waals surface area contributed by atoms with Crippen molar-refractivity contribution in [2.75, 3.05) is 5.32 Å². The second kappa shape index (κ2) is 5.21. The number of rotatable bonds is 3. The molecule has 0 radical (unpaired) electrons. The van der Waals surface area contributed by atoms with Gasteiger partial charge in [-0.15, -0.1) is 0 Å². The smallest absolute Gasteiger partial charge is 0.270 e. The number of hydrogen-bond donors (Lipinski definition) is 1. The molecular formula is C12H10N4O3. The van der Waals surface area contributed by atoms with Gasteiger partial charge in [0.2, 0.25) is 5.95 Å². The summed E-state index contributed by atoms with van der Waals surface area (Å²) < 4.78 is 0. The second-order valence-corrected chi connectivity index (χ2v) is 3.78. The maximum atomic E-state index is 12.0. The highest BCUT2D eigenvalue weighted by atomic mass is 16.6. The van der Waals surface area contributed by atoms with Crippen LogP contribution in [0.5, 0.6) is 0 Å². The standard InChI is InChI=1S/C12H10N4O3/c1-8-3-4-9(16(18)19)7-10(8)11(17)15-12-13-5-2-6-14-12/h2-7H,1H3,(H,13,14,15,17). The second-order valence-electron chi connectivity index (χ2n) is 3.78. The molecule has 1 amide bonds. The highest BCUT2D eigenvalue weighted by Gasteiger charge is 2.15. The first-order chi connectivity index (χ1) is 9.08. The highest BCUT2D eigenvalue weighted by Crippen LogP contribution is 2.18. The van der Waals surface area contributed by atoms with E-state index in [1.807, 2.05) is 0 Å². The van der Waals surface area contributed by atoms with E-state index in [1.165, 1.54) is 30.6 Å². The number of benzene rings is 1. The lowest BCUT2D eigenvalue weighted by Crippen LogP contribution is -2.15. The molecule has 0 fully saturated rings. The molecule has 0 spiro atoms. The molecule has 7 nitrogen and oxygen atoms in total. The molecule has 0 unspecified atom stereocenters. The topological polar surface area (TPSA) is 98.0 Å². The number of aromatic nitrogens is 2. The fraction of sp³-hybridized carbons (Fsp3) is 0.0833. The van der Waals surface area contributed by atoms with E-state index in [0.717, 1.165) is 0 Å². The van der Waals surface area contributed by atoms with Crippen LogP contribution in [0.1, 0.15) is 15.9 Å². The van der Waals surface area contributed by atoms with Crippen LogP contribution in [-0.2, 0) is 0 Å². The molecule has 19 heavy (non-hydrogen) atoms. The molecule has 2 rings (SSSR count). The van der Waals surface area contributed by atoms with Crippen LogP contribution in [0.2, 0.25) is 0 Å². The predicted molar refractivity (Wildman–Crippen MR) is 67.8 cm³/mol. The largest absolute Gasteiger partial charge is 0.290 e. The molecule has 1 heterocycles. The average Bonchev–Trinajstić information content (AvgIpc) is 2.40. The van der Waals surface area contributed by atoms with Gasteiger partial charge in [-0.2, -0.15) is 0 Å². The molecule has 1 aromatic heterocycles. The number of carbonyl (C=O) groups excluding carboxylic acids is 1. The minimum Gasteiger partial charge on any atom is -0.290 e. The zero-order valence-corrected chi connectivity index (χ0v) is 10.0. The SMILES string of the molecule is Cc1ccc([N+](=O)[O-])cc1C(=O)Nc1ncccn1. The fourth-order valence-electron chi connectivity index (χ4n) is 1.50. The van der Waals surface area contributed by atoms with Crippen molar-refractivity contribution in [3.63, 3.8) is 0 Å². The Labute approximate surface area is 108 Å². The van der Waals surface area contributed by atoms with E-state index in [0.29, 0.717) is 5.56 Å². The Morgan fingerprint density at radius 2 is 2.00 bits per heavy atom. The Hall–Kier alpha value is -2.83. The van der Waals surface area contributed by atoms with E-state index in [2.05, 4.69) is 15.3 Å². The van der Waals surface area contributed by atoms with Crippen LogP contribution < -0.4 is 5.32 Å². The van der Waals surface area contributed by atoms with Gasteiger partial charge in [-0.3, -0.25) is 20.2 Å². The predicted octanol–water partition coefficient (Wildman–Crippen LogP) is 1.95. The molecule has 1 N–H and O–H groups in total. The summed E-state index contributed by atoms with van der Waals surface area (Å²) in [4.78, 5) is 29.9. The third-order valence-corrected chi connectivity index (χ3v) is 2.47. The number of nitro groups is 1. The Morgan fingerprint density at radius 1 is 1.32 bits per heavy atom. The number of nitro benzene ring substituents is 1. The highest BCUT2D eigenvalue weighted by molar-refractivity contribution is 6.04. The van der Waals surface area contributed by atoms with Crippen LogP contribution in [0, 0.1) is 17.0 Å². The molecule has 7 heteroatoms. The van der Waals surface area contributed by atoms with Crippen molar-refractivity contribution in [3.05, 3.63) is 57.9 Å². The summed E-state index contributed by atoms with van der Waals surface area (Å²) in [5, 5.41) is 13.2. The fourth-order valence-corrected chi connectivity index (χ4v) is 1.50. The lowest BCUT2D eigenvalue weighted by molar-refractivity contribution is -0.384. The van der Waals surface area contributed by atoms with Gasteiger partial charge < -0.3 is 0 Å². The first-order valence-corrected chi connectivity index (χ1v) is 5.41. The van der Waals surface area contributed by atoms with Gasteiger partial charge in [0.25, 0.3) is 11.6 Å². The number of hydrogen-bond acceptors (Lipinski definition) is 5. The summed E-state index contributed by atoms with van der Waals surface area (Å²) in [7, 11) is 0. The van der Waals surface area contributed by atoms with Crippen molar-refractivity contribution < 1.29 is 9.72 Å². The van der Waals surface area contributed by atoms with Gasteiger partial charge in [-0.25, -0.2) is 9.97 Å². The van der Waals surface area contributed by atoms with E-state index >= 15 is 0 Å². The zero-order valence-electron chi connectivity index (χ0n) is 10.0. The third-order valence-electron chi connectivity index (χ3n) is 2.47. The van der Waals surface area contributed by atoms with Crippen molar-refractivity contribution in [1.82, 2.24) is 9.97 Å². The summed E-state index contributed by atoms with van der Waals surface area (Å²) >= 11 is 0. The van der Waals surface area contributed by atoms with Crippen LogP contribution in [0.25, 0.3) is 0 Å². The molecule has 0 atom stereocenters. The maximum absolute atomic E-state index is 12.0. The molecule has 1 aromatic carbocycles. The van der Waals surface area contributed by atoms with Gasteiger partial charge in [0.1, 0.15) is 0 Å². The minimum absolute atomic E-state index is 0.135. The Morgan fingerprint density at radius 3 is 2.63 bits per heavy atom. The first kappa shape index (κ1) is 12.6. The molecule has 96 valence electrons. The summed E-state index contributed by atoms with van der Waals surface area (Å²) in [5.74, 6) is -0.328. The van der Waals surface area contributed by atoms with Crippen LogP contribution in [0.4, 0.5) is 11.6 Å². The maximum Gasteiger partial charge on any atom is 0.270 e. The average molecular weight is 258 g/mol. The number of carbonyl (C=O) groups is 1. The van der Waals surface area contributed by atoms with Gasteiger partial charge >= 0.3 is 0 Å². The summed E-state index contributed by atoms with van der Waals surface area (Å²) in [5.41, 5.74) is 0.727. The minimum atomic E-state index is -0.546. The van der Waals surface area contributed by atoms with E-state index in [9.17, 15) is 14.9 Å². The quantitative estimate of drug-likeness (QED) is 0.670. The molecule has 0 aliphatic carbocycles. The number of nitrogens with zero attached hydrogens (tertiary/aromatic N) is 3. The van der Waals surface area contributed by atoms with Crippen molar-refractivity contribution in [2.24, 2.45) is 0 Å². The lowest BCUT2D eigenvalue weighted by Gasteiger charge is -2.05. The normalized spacial score (nSPS) is 9.95. The van der Waals surface area contributed by atoms with Gasteiger partial charge in [0.15, 0.2) is 0 Å². The zero-order chi connectivity index (χ0) is 13.8. The van der Waals surface area contributed by atoms with Gasteiger partial charge in [0.05, 0.1) is 4.92 Å². The molecule has 0 aliphatic heterocycles. The molecule has 0 aliphatic rings. The summed E-state index contributed by atoms with van der Waals surface area (Å²) in [6, 6.07) is 5.73. The van der Waals surface area contributed by atoms with Crippen molar-refractivity contribution in [2.45, 2.75) is 6.92 Å². The van der Waals surface area contributed by atoms with E-state index in [-0.39, 0.29) is 17.2 Å². The van der Waals surface area contributed by atoms with E-state index in [1.54, 1.807) is 13.0 Å². The molecular weight excluding hydrogens is 248 g/mol. The number of amides is 1. The van der Waals surface area contributed by atoms with Gasteiger partial charge in [-0.05, 0) is 18.6 Å². The van der Waals surface area contributed by atoms with Crippen LogP contribution in [0.15, 0.2) is 36.7 Å². The summed E-state index contributed by atoms with van der Waals surface area (Å²) in [6.07, 6.45) is 2.98. The van der Waals surface area contributed by atoms with Crippen molar-refractivity contribution in [1.29, 1.82) is 0 Å². The monoisotopic (exact) mass is 258 g/mol. The Kier molecular flexibility index (Phi) is 3.46. The Balaban J connectivity index is 2.28. The van der Waals surface area contributed by atoms with Crippen LogP contribution in [-0.4, -0.2) is 20.8 Å². The van der Waals surface area contributed by atoms with E-state index in [4.69, 9.17) is 0 Å².